The second-order valence-electron chi connectivity index (χ2n) is 6.39. The lowest BCUT2D eigenvalue weighted by Gasteiger charge is -2.38. The van der Waals surface area contributed by atoms with Crippen LogP contribution in [-0.4, -0.2) is 46.3 Å². The molecule has 0 radical (unpaired) electrons. The molecule has 1 saturated heterocycles. The van der Waals surface area contributed by atoms with Gasteiger partial charge in [0.15, 0.2) is 6.10 Å². The number of aryl methyl sites for hydroxylation is 2. The molecule has 138 valence electrons. The normalized spacial score (nSPS) is 20.3. The first-order valence-corrected chi connectivity index (χ1v) is 8.23. The number of ether oxygens (including phenoxy) is 1. The molecule has 2 atom stereocenters. The van der Waals surface area contributed by atoms with Gasteiger partial charge in [-0.05, 0) is 31.5 Å². The Hall–Kier alpha value is -2.74. The van der Waals surface area contributed by atoms with Gasteiger partial charge in [-0.2, -0.15) is 5.10 Å². The molecule has 0 spiro atoms. The number of benzene rings is 1. The second-order valence-corrected chi connectivity index (χ2v) is 6.39. The number of carbonyl (C=O) groups excluding carboxylic acids is 2. The van der Waals surface area contributed by atoms with Crippen LogP contribution in [0.1, 0.15) is 23.0 Å². The number of aromatic nitrogens is 2. The van der Waals surface area contributed by atoms with Crippen molar-refractivity contribution < 1.29 is 18.7 Å². The predicted octanol–water partition coefficient (Wildman–Crippen LogP) is 1.71. The monoisotopic (exact) mass is 360 g/mol. The molecule has 1 aliphatic heterocycles. The summed E-state index contributed by atoms with van der Waals surface area (Å²) in [5.74, 6) is -1.00. The number of rotatable bonds is 3. The lowest BCUT2D eigenvalue weighted by atomic mass is 9.97. The number of anilines is 1. The molecule has 1 fully saturated rings. The number of nitrogens with one attached hydrogen (secondary N) is 1. The fourth-order valence-electron chi connectivity index (χ4n) is 3.14. The van der Waals surface area contributed by atoms with Crippen molar-refractivity contribution in [1.82, 2.24) is 14.7 Å². The van der Waals surface area contributed by atoms with E-state index in [4.69, 9.17) is 4.74 Å². The van der Waals surface area contributed by atoms with E-state index in [2.05, 4.69) is 10.4 Å². The summed E-state index contributed by atoms with van der Waals surface area (Å²) in [7, 11) is 3.41. The Bertz CT molecular complexity index is 847. The number of likely N-dealkylation sites (N-methyl/N-ethyl adjacent to an activating group) is 1. The molecule has 7 nitrogen and oxygen atoms in total. The molecule has 0 unspecified atom stereocenters. The molecule has 1 aliphatic rings. The molecular weight excluding hydrogens is 339 g/mol. The molecule has 2 heterocycles. The van der Waals surface area contributed by atoms with Crippen LogP contribution in [0.15, 0.2) is 24.3 Å². The number of carbonyl (C=O) groups is 2. The van der Waals surface area contributed by atoms with Crippen molar-refractivity contribution in [3.05, 3.63) is 47.0 Å². The molecule has 1 aromatic carbocycles. The highest BCUT2D eigenvalue weighted by molar-refractivity contribution is 5.97. The number of hydrogen-bond acceptors (Lipinski definition) is 4. The zero-order chi connectivity index (χ0) is 19.0. The maximum absolute atomic E-state index is 13.3. The van der Waals surface area contributed by atoms with E-state index in [0.717, 1.165) is 5.69 Å². The van der Waals surface area contributed by atoms with Crippen LogP contribution in [0.4, 0.5) is 10.1 Å². The summed E-state index contributed by atoms with van der Waals surface area (Å²) in [6.07, 6.45) is -0.915. The first-order valence-electron chi connectivity index (χ1n) is 8.23. The highest BCUT2D eigenvalue weighted by atomic mass is 19.1. The Kier molecular flexibility index (Phi) is 4.78. The molecule has 26 heavy (non-hydrogen) atoms. The van der Waals surface area contributed by atoms with Crippen LogP contribution in [-0.2, 0) is 21.4 Å². The first kappa shape index (κ1) is 18.1. The number of halogens is 1. The Labute approximate surface area is 150 Å². The van der Waals surface area contributed by atoms with Gasteiger partial charge in [0, 0.05) is 14.1 Å². The maximum Gasteiger partial charge on any atom is 0.256 e. The van der Waals surface area contributed by atoms with Crippen LogP contribution in [0.2, 0.25) is 0 Å². The van der Waals surface area contributed by atoms with Gasteiger partial charge in [-0.3, -0.25) is 14.3 Å². The Morgan fingerprint density at radius 1 is 1.27 bits per heavy atom. The fraction of sp³-hybridized carbons (Fsp3) is 0.389. The predicted molar refractivity (Wildman–Crippen MR) is 93.0 cm³/mol. The first-order chi connectivity index (χ1) is 12.3. The van der Waals surface area contributed by atoms with Gasteiger partial charge in [-0.1, -0.05) is 12.1 Å². The van der Waals surface area contributed by atoms with E-state index in [9.17, 15) is 14.0 Å². The molecule has 2 amide bonds. The molecule has 3 rings (SSSR count). The van der Waals surface area contributed by atoms with Crippen LogP contribution in [0.5, 0.6) is 0 Å². The molecule has 0 saturated carbocycles. The molecule has 1 aromatic heterocycles. The summed E-state index contributed by atoms with van der Waals surface area (Å²) >= 11 is 0. The summed E-state index contributed by atoms with van der Waals surface area (Å²) in [6, 6.07) is 5.06. The minimum absolute atomic E-state index is 0.183. The van der Waals surface area contributed by atoms with Crippen molar-refractivity contribution >= 4 is 17.5 Å². The molecule has 0 aliphatic carbocycles. The van der Waals surface area contributed by atoms with Crippen LogP contribution in [0.25, 0.3) is 0 Å². The number of morpholine rings is 1. The van der Waals surface area contributed by atoms with Gasteiger partial charge in [0.1, 0.15) is 12.4 Å². The van der Waals surface area contributed by atoms with Crippen molar-refractivity contribution in [3.8, 4) is 0 Å². The van der Waals surface area contributed by atoms with Gasteiger partial charge in [-0.25, -0.2) is 4.39 Å². The second kappa shape index (κ2) is 6.87. The lowest BCUT2D eigenvalue weighted by molar-refractivity contribution is -0.160. The zero-order valence-corrected chi connectivity index (χ0v) is 15.1. The summed E-state index contributed by atoms with van der Waals surface area (Å²) in [5, 5.41) is 7.13. The summed E-state index contributed by atoms with van der Waals surface area (Å²) in [5.41, 5.74) is 2.76. The van der Waals surface area contributed by atoms with E-state index >= 15 is 0 Å². The third kappa shape index (κ3) is 3.20. The van der Waals surface area contributed by atoms with Gasteiger partial charge in [0.25, 0.3) is 5.91 Å². The molecule has 0 bridgehead atoms. The van der Waals surface area contributed by atoms with Gasteiger partial charge in [0.2, 0.25) is 5.91 Å². The van der Waals surface area contributed by atoms with Crippen LogP contribution in [0, 0.1) is 19.7 Å². The highest BCUT2D eigenvalue weighted by Crippen LogP contribution is 2.30. The van der Waals surface area contributed by atoms with E-state index in [1.807, 2.05) is 6.92 Å². The Morgan fingerprint density at radius 3 is 2.50 bits per heavy atom. The van der Waals surface area contributed by atoms with E-state index in [0.29, 0.717) is 16.9 Å². The fourth-order valence-corrected chi connectivity index (χ4v) is 3.14. The summed E-state index contributed by atoms with van der Waals surface area (Å²) in [6.45, 7) is 3.47. The SMILES string of the molecule is Cc1nn(C)c(C)c1NC(=O)[C@H]1OCC(=O)N(C)[C@@H]1c1ccc(F)cc1. The maximum atomic E-state index is 13.3. The minimum Gasteiger partial charge on any atom is -0.356 e. The summed E-state index contributed by atoms with van der Waals surface area (Å²) < 4.78 is 20.5. The van der Waals surface area contributed by atoms with Gasteiger partial charge < -0.3 is 15.0 Å². The number of amides is 2. The summed E-state index contributed by atoms with van der Waals surface area (Å²) in [4.78, 5) is 26.4. The van der Waals surface area contributed by atoms with Crippen molar-refractivity contribution in [3.63, 3.8) is 0 Å². The Balaban J connectivity index is 1.91. The highest BCUT2D eigenvalue weighted by Gasteiger charge is 2.40. The average Bonchev–Trinajstić information content (AvgIpc) is 2.84. The van der Waals surface area contributed by atoms with Gasteiger partial charge in [-0.15, -0.1) is 0 Å². The standard InChI is InChI=1S/C18H21FN4O3/c1-10-15(11(2)23(4)21-10)20-18(25)17-16(22(3)14(24)9-26-17)12-5-7-13(19)8-6-12/h5-8,16-17H,9H2,1-4H3,(H,20,25)/t16-,17+/m1/s1. The van der Waals surface area contributed by atoms with E-state index in [-0.39, 0.29) is 24.2 Å². The smallest absolute Gasteiger partial charge is 0.256 e. The molecule has 1 N–H and O–H groups in total. The van der Waals surface area contributed by atoms with E-state index in [1.165, 1.54) is 17.0 Å². The van der Waals surface area contributed by atoms with Crippen molar-refractivity contribution in [2.24, 2.45) is 7.05 Å². The van der Waals surface area contributed by atoms with Gasteiger partial charge >= 0.3 is 0 Å². The number of hydrogen-bond donors (Lipinski definition) is 1. The van der Waals surface area contributed by atoms with Crippen molar-refractivity contribution in [2.45, 2.75) is 26.0 Å². The van der Waals surface area contributed by atoms with Gasteiger partial charge in [0.05, 0.1) is 23.1 Å². The lowest BCUT2D eigenvalue weighted by Crippen LogP contribution is -2.51. The van der Waals surface area contributed by atoms with Crippen LogP contribution >= 0.6 is 0 Å². The average molecular weight is 360 g/mol. The molecular formula is C18H21FN4O3. The zero-order valence-electron chi connectivity index (χ0n) is 15.1. The van der Waals surface area contributed by atoms with E-state index < -0.39 is 12.1 Å². The third-order valence-corrected chi connectivity index (χ3v) is 4.71. The largest absolute Gasteiger partial charge is 0.356 e. The van der Waals surface area contributed by atoms with Crippen LogP contribution < -0.4 is 5.32 Å². The Morgan fingerprint density at radius 2 is 1.92 bits per heavy atom. The topological polar surface area (TPSA) is 76.5 Å². The van der Waals surface area contributed by atoms with Crippen LogP contribution in [0.3, 0.4) is 0 Å². The number of nitrogens with zero attached hydrogens (tertiary/aromatic N) is 3. The van der Waals surface area contributed by atoms with Crippen molar-refractivity contribution in [1.29, 1.82) is 0 Å². The van der Waals surface area contributed by atoms with Crippen molar-refractivity contribution in [2.75, 3.05) is 19.0 Å². The molecule has 2 aromatic rings. The molecule has 8 heteroatoms. The minimum atomic E-state index is -0.915. The third-order valence-electron chi connectivity index (χ3n) is 4.71. The van der Waals surface area contributed by atoms with E-state index in [1.54, 1.807) is 37.8 Å². The quantitative estimate of drug-likeness (QED) is 0.904.